The lowest BCUT2D eigenvalue weighted by molar-refractivity contribution is -0.131. The smallest absolute Gasteiger partial charge is 0.308 e. The van der Waals surface area contributed by atoms with Crippen molar-refractivity contribution in [2.24, 2.45) is 17.8 Å². The molecule has 0 saturated heterocycles. The molecule has 0 heterocycles. The van der Waals surface area contributed by atoms with Gasteiger partial charge in [0.05, 0.1) is 5.60 Å². The molecule has 6 rings (SSSR count). The zero-order valence-corrected chi connectivity index (χ0v) is 16.0. The molecule has 0 amide bonds. The van der Waals surface area contributed by atoms with Gasteiger partial charge in [-0.2, -0.15) is 0 Å². The van der Waals surface area contributed by atoms with Crippen LogP contribution in [0.4, 0.5) is 0 Å². The molecule has 4 fully saturated rings. The van der Waals surface area contributed by atoms with E-state index in [1.165, 1.54) is 50.2 Å². The molecule has 0 spiro atoms. The van der Waals surface area contributed by atoms with Gasteiger partial charge in [-0.05, 0) is 90.0 Å². The monoisotopic (exact) mass is 362 g/mol. The van der Waals surface area contributed by atoms with Crippen LogP contribution in [0.25, 0.3) is 16.8 Å². The van der Waals surface area contributed by atoms with Gasteiger partial charge in [0.1, 0.15) is 5.75 Å². The van der Waals surface area contributed by atoms with Gasteiger partial charge in [-0.15, -0.1) is 0 Å². The van der Waals surface area contributed by atoms with E-state index in [2.05, 4.69) is 24.3 Å². The van der Waals surface area contributed by atoms with Gasteiger partial charge in [0.15, 0.2) is 0 Å². The Morgan fingerprint density at radius 1 is 1.04 bits per heavy atom. The molecule has 3 heteroatoms. The van der Waals surface area contributed by atoms with Crippen LogP contribution >= 0.6 is 0 Å². The lowest BCUT2D eigenvalue weighted by Gasteiger charge is -2.57. The predicted octanol–water partition coefficient (Wildman–Crippen LogP) is 5.37. The maximum Gasteiger partial charge on any atom is 0.308 e. The molecular weight excluding hydrogens is 336 g/mol. The third-order valence-corrected chi connectivity index (χ3v) is 6.92. The van der Waals surface area contributed by atoms with Crippen LogP contribution in [-0.4, -0.2) is 18.7 Å². The van der Waals surface area contributed by atoms with E-state index in [1.807, 2.05) is 25.3 Å². The highest BCUT2D eigenvalue weighted by molar-refractivity contribution is 5.87. The van der Waals surface area contributed by atoms with E-state index in [0.717, 1.165) is 22.6 Å². The van der Waals surface area contributed by atoms with E-state index in [9.17, 15) is 4.79 Å². The zero-order valence-electron chi connectivity index (χ0n) is 16.0. The summed E-state index contributed by atoms with van der Waals surface area (Å²) in [5.74, 6) is 2.72. The number of hydrogen-bond donors (Lipinski definition) is 0. The third kappa shape index (κ3) is 2.89. The van der Waals surface area contributed by atoms with E-state index in [-0.39, 0.29) is 11.6 Å². The maximum absolute atomic E-state index is 11.2. The fraction of sp³-hybridized carbons (Fsp3) is 0.458. The van der Waals surface area contributed by atoms with Gasteiger partial charge in [0, 0.05) is 14.0 Å². The summed E-state index contributed by atoms with van der Waals surface area (Å²) < 4.78 is 11.4. The second-order valence-corrected chi connectivity index (χ2v) is 8.70. The number of hydrogen-bond acceptors (Lipinski definition) is 3. The van der Waals surface area contributed by atoms with Crippen LogP contribution in [0.3, 0.4) is 0 Å². The summed E-state index contributed by atoms with van der Waals surface area (Å²) >= 11 is 0. The largest absolute Gasteiger partial charge is 0.427 e. The molecule has 2 aromatic rings. The van der Waals surface area contributed by atoms with Gasteiger partial charge in [-0.25, -0.2) is 0 Å². The van der Waals surface area contributed by atoms with Crippen molar-refractivity contribution in [2.75, 3.05) is 7.11 Å². The van der Waals surface area contributed by atoms with Crippen LogP contribution in [0.15, 0.2) is 42.0 Å². The summed E-state index contributed by atoms with van der Waals surface area (Å²) in [5.41, 5.74) is 2.73. The molecule has 0 aromatic heterocycles. The van der Waals surface area contributed by atoms with Crippen LogP contribution < -0.4 is 4.74 Å². The second-order valence-electron chi connectivity index (χ2n) is 8.70. The molecule has 4 aliphatic rings. The van der Waals surface area contributed by atoms with Crippen molar-refractivity contribution in [3.8, 4) is 5.75 Å². The van der Waals surface area contributed by atoms with Gasteiger partial charge >= 0.3 is 5.97 Å². The Labute approximate surface area is 160 Å². The summed E-state index contributed by atoms with van der Waals surface area (Å²) in [7, 11) is 1.90. The molecule has 0 aliphatic heterocycles. The Balaban J connectivity index is 1.50. The summed E-state index contributed by atoms with van der Waals surface area (Å²) in [6.07, 6.45) is 8.88. The maximum atomic E-state index is 11.2. The van der Waals surface area contributed by atoms with Gasteiger partial charge in [-0.3, -0.25) is 4.79 Å². The molecule has 3 nitrogen and oxygen atoms in total. The SMILES string of the molecule is COC12CC3CC(CC(C3)C1=Cc1ccc3cc(OC(C)=O)ccc3c1)C2. The van der Waals surface area contributed by atoms with Gasteiger partial charge in [-0.1, -0.05) is 24.3 Å². The van der Waals surface area contributed by atoms with Crippen LogP contribution in [0, 0.1) is 17.8 Å². The Bertz CT molecular complexity index is 928. The van der Waals surface area contributed by atoms with Gasteiger partial charge < -0.3 is 9.47 Å². The van der Waals surface area contributed by atoms with Crippen molar-refractivity contribution in [2.45, 2.75) is 44.6 Å². The molecule has 2 atom stereocenters. The molecule has 2 unspecified atom stereocenters. The molecule has 2 aromatic carbocycles. The van der Waals surface area contributed by atoms with Crippen LogP contribution in [-0.2, 0) is 9.53 Å². The molecule has 140 valence electrons. The first-order valence-electron chi connectivity index (χ1n) is 10.0. The van der Waals surface area contributed by atoms with E-state index in [0.29, 0.717) is 11.7 Å². The van der Waals surface area contributed by atoms with E-state index < -0.39 is 0 Å². The minimum Gasteiger partial charge on any atom is -0.427 e. The normalized spacial score (nSPS) is 33.0. The van der Waals surface area contributed by atoms with E-state index in [1.54, 1.807) is 0 Å². The summed E-state index contributed by atoms with van der Waals surface area (Å²) in [6.45, 7) is 1.43. The second kappa shape index (κ2) is 6.20. The van der Waals surface area contributed by atoms with Gasteiger partial charge in [0.2, 0.25) is 0 Å². The van der Waals surface area contributed by atoms with Crippen molar-refractivity contribution < 1.29 is 14.3 Å². The first-order valence-corrected chi connectivity index (χ1v) is 10.0. The Morgan fingerprint density at radius 3 is 2.44 bits per heavy atom. The number of rotatable bonds is 3. The minimum absolute atomic E-state index is 0.0249. The molecule has 4 aliphatic carbocycles. The van der Waals surface area contributed by atoms with Crippen molar-refractivity contribution in [1.82, 2.24) is 0 Å². The molecular formula is C24H26O3. The number of methoxy groups -OCH3 is 1. The highest BCUT2D eigenvalue weighted by Crippen LogP contribution is 2.59. The number of benzene rings is 2. The highest BCUT2D eigenvalue weighted by atomic mass is 16.5. The quantitative estimate of drug-likeness (QED) is 0.544. The summed E-state index contributed by atoms with van der Waals surface area (Å²) in [6, 6.07) is 12.3. The zero-order chi connectivity index (χ0) is 18.6. The minimum atomic E-state index is -0.289. The van der Waals surface area contributed by atoms with Crippen molar-refractivity contribution in [3.63, 3.8) is 0 Å². The van der Waals surface area contributed by atoms with Crippen LogP contribution in [0.2, 0.25) is 0 Å². The first kappa shape index (κ1) is 17.0. The molecule has 4 saturated carbocycles. The standard InChI is InChI=1S/C24H26O3/c1-15(25)27-22-6-5-19-8-16(3-4-20(19)12-22)11-23-21-9-17-7-18(10-21)14-24(23,13-17)26-2/h3-6,8,11-12,17-18,21H,7,9-10,13-14H2,1-2H3. The van der Waals surface area contributed by atoms with Gasteiger partial charge in [0.25, 0.3) is 0 Å². The first-order chi connectivity index (χ1) is 13.0. The topological polar surface area (TPSA) is 35.5 Å². The van der Waals surface area contributed by atoms with E-state index >= 15 is 0 Å². The van der Waals surface area contributed by atoms with Crippen LogP contribution in [0.5, 0.6) is 5.75 Å². The number of esters is 1. The Kier molecular flexibility index (Phi) is 3.90. The third-order valence-electron chi connectivity index (χ3n) is 6.92. The van der Waals surface area contributed by atoms with E-state index in [4.69, 9.17) is 9.47 Å². The number of carbonyl (C=O) groups excluding carboxylic acids is 1. The highest BCUT2D eigenvalue weighted by Gasteiger charge is 2.54. The number of carbonyl (C=O) groups is 1. The van der Waals surface area contributed by atoms with Crippen LogP contribution in [0.1, 0.15) is 44.6 Å². The Hall–Kier alpha value is -2.13. The predicted molar refractivity (Wildman–Crippen MR) is 107 cm³/mol. The van der Waals surface area contributed by atoms with Crippen molar-refractivity contribution in [1.29, 1.82) is 0 Å². The molecule has 0 radical (unpaired) electrons. The van der Waals surface area contributed by atoms with Crippen molar-refractivity contribution >= 4 is 22.8 Å². The molecule has 4 bridgehead atoms. The summed E-state index contributed by atoms with van der Waals surface area (Å²) in [5, 5.41) is 2.25. The lowest BCUT2D eigenvalue weighted by atomic mass is 9.52. The van der Waals surface area contributed by atoms with Crippen molar-refractivity contribution in [3.05, 3.63) is 47.5 Å². The summed E-state index contributed by atoms with van der Waals surface area (Å²) in [4.78, 5) is 11.2. The lowest BCUT2D eigenvalue weighted by Crippen LogP contribution is -2.53. The fourth-order valence-corrected chi connectivity index (χ4v) is 6.05. The fourth-order valence-electron chi connectivity index (χ4n) is 6.05. The average Bonchev–Trinajstić information content (AvgIpc) is 2.63. The molecule has 0 N–H and O–H groups in total. The number of fused-ring (bicyclic) bond motifs is 1. The average molecular weight is 362 g/mol. The number of ether oxygens (including phenoxy) is 2. The Morgan fingerprint density at radius 2 is 1.74 bits per heavy atom. The molecule has 27 heavy (non-hydrogen) atoms.